The smallest absolute Gasteiger partial charge is 0.279 e. The van der Waals surface area contributed by atoms with Crippen molar-refractivity contribution in [3.8, 4) is 0 Å². The molecule has 0 aliphatic carbocycles. The van der Waals surface area contributed by atoms with E-state index in [1.165, 1.54) is 0 Å². The molecule has 1 amide bonds. The van der Waals surface area contributed by atoms with Crippen LogP contribution in [0.3, 0.4) is 0 Å². The summed E-state index contributed by atoms with van der Waals surface area (Å²) in [4.78, 5) is 12.3. The third-order valence-corrected chi connectivity index (χ3v) is 4.14. The topological polar surface area (TPSA) is 29.1 Å². The van der Waals surface area contributed by atoms with Crippen molar-refractivity contribution in [2.75, 3.05) is 25.0 Å². The minimum Gasteiger partial charge on any atom is -0.321 e. The van der Waals surface area contributed by atoms with Crippen LogP contribution in [0, 0.1) is 0 Å². The molecule has 0 fully saturated rings. The van der Waals surface area contributed by atoms with Crippen molar-refractivity contribution in [3.63, 3.8) is 0 Å². The molecule has 0 aromatic heterocycles. The fourth-order valence-electron chi connectivity index (χ4n) is 2.63. The van der Waals surface area contributed by atoms with Crippen molar-refractivity contribution in [3.05, 3.63) is 30.3 Å². The van der Waals surface area contributed by atoms with Crippen LogP contribution in [0.5, 0.6) is 0 Å². The van der Waals surface area contributed by atoms with E-state index >= 15 is 0 Å². The van der Waals surface area contributed by atoms with Gasteiger partial charge < -0.3 is 9.80 Å². The van der Waals surface area contributed by atoms with Gasteiger partial charge in [-0.05, 0) is 46.8 Å². The molecule has 1 aromatic carbocycles. The van der Waals surface area contributed by atoms with E-state index in [-0.39, 0.29) is 11.4 Å². The second-order valence-electron chi connectivity index (χ2n) is 6.02. The first-order chi connectivity index (χ1) is 8.84. The van der Waals surface area contributed by atoms with E-state index < -0.39 is 0 Å². The van der Waals surface area contributed by atoms with E-state index in [1.807, 2.05) is 30.3 Å². The van der Waals surface area contributed by atoms with E-state index in [0.29, 0.717) is 6.54 Å². The Bertz CT molecular complexity index is 403. The van der Waals surface area contributed by atoms with Crippen LogP contribution in [-0.2, 0) is 4.79 Å². The standard InChI is InChI=1S/C16H26N2O/c1-6-18(7-2,16(3,4)5)13-15(19)17-14-11-9-8-10-12-14/h8-12H,6-7,13H2,1-5H3/p+1. The van der Waals surface area contributed by atoms with Gasteiger partial charge in [0.05, 0.1) is 18.6 Å². The minimum atomic E-state index is 0.0670. The average Bonchev–Trinajstić information content (AvgIpc) is 2.35. The Balaban J connectivity index is 2.78. The van der Waals surface area contributed by atoms with Crippen LogP contribution in [0.4, 0.5) is 5.69 Å². The van der Waals surface area contributed by atoms with E-state index in [2.05, 4.69) is 39.9 Å². The molecule has 0 heterocycles. The number of carbonyl (C=O) groups excluding carboxylic acids is 1. The first kappa shape index (κ1) is 15.7. The lowest BCUT2D eigenvalue weighted by Crippen LogP contribution is -2.62. The molecule has 0 aliphatic heterocycles. The highest BCUT2D eigenvalue weighted by molar-refractivity contribution is 5.91. The lowest BCUT2D eigenvalue weighted by Gasteiger charge is -2.47. The molecule has 1 N–H and O–H groups in total. The number of carbonyl (C=O) groups is 1. The number of likely N-dealkylation sites (N-methyl/N-ethyl adjacent to an activating group) is 1. The maximum Gasteiger partial charge on any atom is 0.279 e. The molecule has 0 bridgehead atoms. The Morgan fingerprint density at radius 2 is 1.63 bits per heavy atom. The average molecular weight is 263 g/mol. The quantitative estimate of drug-likeness (QED) is 0.812. The molecule has 0 spiro atoms. The molecule has 0 atom stereocenters. The normalized spacial score (nSPS) is 12.3. The van der Waals surface area contributed by atoms with E-state index in [4.69, 9.17) is 0 Å². The zero-order chi connectivity index (χ0) is 14.5. The number of hydrogen-bond acceptors (Lipinski definition) is 1. The van der Waals surface area contributed by atoms with Gasteiger partial charge in [-0.2, -0.15) is 0 Å². The van der Waals surface area contributed by atoms with E-state index in [0.717, 1.165) is 23.3 Å². The highest BCUT2D eigenvalue weighted by Gasteiger charge is 2.39. The molecule has 3 nitrogen and oxygen atoms in total. The molecule has 0 radical (unpaired) electrons. The fraction of sp³-hybridized carbons (Fsp3) is 0.562. The van der Waals surface area contributed by atoms with Gasteiger partial charge in [0.15, 0.2) is 6.54 Å². The number of quaternary nitrogens is 1. The molecular formula is C16H27N2O+. The van der Waals surface area contributed by atoms with Crippen molar-refractivity contribution in [2.45, 2.75) is 40.2 Å². The maximum atomic E-state index is 12.3. The highest BCUT2D eigenvalue weighted by Crippen LogP contribution is 2.24. The molecule has 106 valence electrons. The Kier molecular flexibility index (Phi) is 5.12. The maximum absolute atomic E-state index is 12.3. The van der Waals surface area contributed by atoms with Crippen LogP contribution < -0.4 is 5.32 Å². The number of anilines is 1. The lowest BCUT2D eigenvalue weighted by atomic mass is 10.0. The minimum absolute atomic E-state index is 0.0670. The molecule has 1 rings (SSSR count). The monoisotopic (exact) mass is 263 g/mol. The summed E-state index contributed by atoms with van der Waals surface area (Å²) in [6.45, 7) is 13.4. The van der Waals surface area contributed by atoms with Crippen LogP contribution >= 0.6 is 0 Å². The fourth-order valence-corrected chi connectivity index (χ4v) is 2.63. The summed E-state index contributed by atoms with van der Waals surface area (Å²) in [6, 6.07) is 9.65. The van der Waals surface area contributed by atoms with Crippen molar-refractivity contribution >= 4 is 11.6 Å². The predicted molar refractivity (Wildman–Crippen MR) is 81.0 cm³/mol. The summed E-state index contributed by atoms with van der Waals surface area (Å²) in [7, 11) is 0. The van der Waals surface area contributed by atoms with Gasteiger partial charge in [0, 0.05) is 5.69 Å². The van der Waals surface area contributed by atoms with Crippen LogP contribution in [0.15, 0.2) is 30.3 Å². The second kappa shape index (κ2) is 6.20. The van der Waals surface area contributed by atoms with Gasteiger partial charge in [-0.1, -0.05) is 18.2 Å². The van der Waals surface area contributed by atoms with Crippen LogP contribution in [-0.4, -0.2) is 35.6 Å². The third-order valence-electron chi connectivity index (χ3n) is 4.14. The summed E-state index contributed by atoms with van der Waals surface area (Å²) in [5.74, 6) is 0.0878. The van der Waals surface area contributed by atoms with Gasteiger partial charge in [0.25, 0.3) is 5.91 Å². The molecule has 1 aromatic rings. The number of nitrogens with zero attached hydrogens (tertiary/aromatic N) is 1. The van der Waals surface area contributed by atoms with Gasteiger partial charge in [0.2, 0.25) is 0 Å². The summed E-state index contributed by atoms with van der Waals surface area (Å²) in [5, 5.41) is 2.98. The molecule has 0 saturated carbocycles. The Hall–Kier alpha value is -1.35. The van der Waals surface area contributed by atoms with Crippen LogP contribution in [0.25, 0.3) is 0 Å². The van der Waals surface area contributed by atoms with Gasteiger partial charge in [-0.25, -0.2) is 0 Å². The van der Waals surface area contributed by atoms with Gasteiger partial charge in [-0.15, -0.1) is 0 Å². The van der Waals surface area contributed by atoms with Crippen LogP contribution in [0.1, 0.15) is 34.6 Å². The van der Waals surface area contributed by atoms with E-state index in [1.54, 1.807) is 0 Å². The third kappa shape index (κ3) is 3.80. The summed E-state index contributed by atoms with van der Waals surface area (Å²) >= 11 is 0. The first-order valence-electron chi connectivity index (χ1n) is 7.05. The lowest BCUT2D eigenvalue weighted by molar-refractivity contribution is -0.960. The van der Waals surface area contributed by atoms with Gasteiger partial charge >= 0.3 is 0 Å². The number of rotatable bonds is 5. The SMILES string of the molecule is CC[N+](CC)(CC(=O)Nc1ccccc1)C(C)(C)C. The molecule has 0 aliphatic rings. The summed E-state index contributed by atoms with van der Waals surface area (Å²) in [5.41, 5.74) is 0.934. The number of amides is 1. The number of hydrogen-bond donors (Lipinski definition) is 1. The van der Waals surface area contributed by atoms with Crippen molar-refractivity contribution in [2.24, 2.45) is 0 Å². The largest absolute Gasteiger partial charge is 0.321 e. The summed E-state index contributed by atoms with van der Waals surface area (Å²) in [6.07, 6.45) is 0. The van der Waals surface area contributed by atoms with Gasteiger partial charge in [0.1, 0.15) is 0 Å². The Morgan fingerprint density at radius 3 is 2.05 bits per heavy atom. The second-order valence-corrected chi connectivity index (χ2v) is 6.02. The first-order valence-corrected chi connectivity index (χ1v) is 7.05. The Morgan fingerprint density at radius 1 is 1.11 bits per heavy atom. The highest BCUT2D eigenvalue weighted by atomic mass is 16.2. The molecule has 0 saturated heterocycles. The molecule has 19 heavy (non-hydrogen) atoms. The van der Waals surface area contributed by atoms with Crippen molar-refractivity contribution in [1.82, 2.24) is 0 Å². The zero-order valence-electron chi connectivity index (χ0n) is 12.9. The zero-order valence-corrected chi connectivity index (χ0v) is 12.9. The van der Waals surface area contributed by atoms with Gasteiger partial charge in [-0.3, -0.25) is 4.79 Å². The Labute approximate surface area is 117 Å². The van der Waals surface area contributed by atoms with E-state index in [9.17, 15) is 4.79 Å². The van der Waals surface area contributed by atoms with Crippen molar-refractivity contribution < 1.29 is 9.28 Å². The van der Waals surface area contributed by atoms with Crippen molar-refractivity contribution in [1.29, 1.82) is 0 Å². The molecular weight excluding hydrogens is 236 g/mol. The number of para-hydroxylation sites is 1. The molecule has 3 heteroatoms. The number of nitrogens with one attached hydrogen (secondary N) is 1. The number of benzene rings is 1. The summed E-state index contributed by atoms with van der Waals surface area (Å²) < 4.78 is 0.797. The van der Waals surface area contributed by atoms with Crippen LogP contribution in [0.2, 0.25) is 0 Å². The molecule has 0 unspecified atom stereocenters. The predicted octanol–water partition coefficient (Wildman–Crippen LogP) is 3.28.